The minimum atomic E-state index is -0.254. The zero-order valence-electron chi connectivity index (χ0n) is 14.2. The van der Waals surface area contributed by atoms with Crippen molar-refractivity contribution in [2.24, 2.45) is 5.92 Å². The third kappa shape index (κ3) is 3.22. The summed E-state index contributed by atoms with van der Waals surface area (Å²) in [6.45, 7) is 3.45. The van der Waals surface area contributed by atoms with Gasteiger partial charge in [-0.25, -0.2) is 4.79 Å². The lowest BCUT2D eigenvalue weighted by Gasteiger charge is -2.23. The van der Waals surface area contributed by atoms with Gasteiger partial charge in [-0.1, -0.05) is 36.4 Å². The lowest BCUT2D eigenvalue weighted by atomic mass is 9.99. The van der Waals surface area contributed by atoms with Crippen LogP contribution in [0, 0.1) is 5.92 Å². The fourth-order valence-electron chi connectivity index (χ4n) is 3.41. The van der Waals surface area contributed by atoms with Crippen LogP contribution in [0.1, 0.15) is 31.4 Å². The monoisotopic (exact) mass is 328 g/mol. The Morgan fingerprint density at radius 2 is 1.88 bits per heavy atom. The van der Waals surface area contributed by atoms with Gasteiger partial charge in [-0.3, -0.25) is 9.69 Å². The molecule has 2 fully saturated rings. The molecule has 2 saturated heterocycles. The summed E-state index contributed by atoms with van der Waals surface area (Å²) in [7, 11) is 1.75. The van der Waals surface area contributed by atoms with Crippen molar-refractivity contribution in [2.75, 3.05) is 20.3 Å². The van der Waals surface area contributed by atoms with E-state index in [4.69, 9.17) is 4.74 Å². The van der Waals surface area contributed by atoms with E-state index in [1.54, 1.807) is 18.0 Å². The average molecular weight is 328 g/mol. The number of carbonyl (C=O) groups excluding carboxylic acids is 2. The summed E-state index contributed by atoms with van der Waals surface area (Å²) in [5.74, 6) is 0.113. The molecular weight excluding hydrogens is 304 g/mol. The normalized spacial score (nSPS) is 25.7. The van der Waals surface area contributed by atoms with E-state index in [9.17, 15) is 9.59 Å². The fraction of sp³-hybridized carbons (Fsp3) is 0.474. The molecule has 0 N–H and O–H groups in total. The molecule has 0 spiro atoms. The molecule has 2 atom stereocenters. The van der Waals surface area contributed by atoms with Crippen LogP contribution in [0.2, 0.25) is 0 Å². The number of hydrogen-bond acceptors (Lipinski definition) is 3. The maximum absolute atomic E-state index is 12.7. The summed E-state index contributed by atoms with van der Waals surface area (Å²) >= 11 is 0. The first-order valence-corrected chi connectivity index (χ1v) is 8.50. The van der Waals surface area contributed by atoms with E-state index >= 15 is 0 Å². The van der Waals surface area contributed by atoms with Gasteiger partial charge in [-0.2, -0.15) is 0 Å². The molecular formula is C19H24N2O3. The third-order valence-electron chi connectivity index (χ3n) is 5.01. The molecule has 128 valence electrons. The summed E-state index contributed by atoms with van der Waals surface area (Å²) in [6, 6.07) is 9.20. The third-order valence-corrected chi connectivity index (χ3v) is 5.01. The SMILES string of the molecule is C[C@H]1[C@@H](c2ccccc2)N(C(=O)/C=C/C2CCOCC2)C(=O)N1C. The Bertz CT molecular complexity index is 623. The summed E-state index contributed by atoms with van der Waals surface area (Å²) in [4.78, 5) is 28.3. The van der Waals surface area contributed by atoms with Crippen molar-refractivity contribution in [2.45, 2.75) is 31.8 Å². The number of imide groups is 1. The second kappa shape index (κ2) is 7.18. The molecule has 3 amide bonds. The van der Waals surface area contributed by atoms with Crippen LogP contribution in [0.4, 0.5) is 4.79 Å². The Morgan fingerprint density at radius 3 is 2.54 bits per heavy atom. The van der Waals surface area contributed by atoms with Crippen molar-refractivity contribution in [3.63, 3.8) is 0 Å². The van der Waals surface area contributed by atoms with Gasteiger partial charge in [0.1, 0.15) is 0 Å². The minimum Gasteiger partial charge on any atom is -0.381 e. The van der Waals surface area contributed by atoms with E-state index < -0.39 is 0 Å². The summed E-state index contributed by atoms with van der Waals surface area (Å²) in [5, 5.41) is 0. The van der Waals surface area contributed by atoms with Crippen LogP contribution in [0.5, 0.6) is 0 Å². The summed E-state index contributed by atoms with van der Waals surface area (Å²) in [6.07, 6.45) is 5.35. The van der Waals surface area contributed by atoms with Gasteiger partial charge in [0.25, 0.3) is 5.91 Å². The lowest BCUT2D eigenvalue weighted by Crippen LogP contribution is -2.35. The highest BCUT2D eigenvalue weighted by atomic mass is 16.5. The molecule has 24 heavy (non-hydrogen) atoms. The molecule has 2 aliphatic heterocycles. The maximum atomic E-state index is 12.7. The van der Waals surface area contributed by atoms with E-state index in [-0.39, 0.29) is 24.0 Å². The van der Waals surface area contributed by atoms with Crippen LogP contribution in [-0.2, 0) is 9.53 Å². The van der Waals surface area contributed by atoms with Crippen LogP contribution >= 0.6 is 0 Å². The molecule has 0 aliphatic carbocycles. The first-order chi connectivity index (χ1) is 11.6. The molecule has 1 aromatic carbocycles. The van der Waals surface area contributed by atoms with Crippen molar-refractivity contribution in [3.05, 3.63) is 48.0 Å². The number of allylic oxidation sites excluding steroid dienone is 1. The van der Waals surface area contributed by atoms with Crippen LogP contribution in [0.15, 0.2) is 42.5 Å². The predicted octanol–water partition coefficient (Wildman–Crippen LogP) is 2.99. The Labute approximate surface area is 142 Å². The highest BCUT2D eigenvalue weighted by molar-refractivity contribution is 6.02. The van der Waals surface area contributed by atoms with Gasteiger partial charge < -0.3 is 9.64 Å². The number of benzene rings is 1. The molecule has 0 saturated carbocycles. The Balaban J connectivity index is 1.81. The number of carbonyl (C=O) groups is 2. The zero-order chi connectivity index (χ0) is 17.1. The second-order valence-electron chi connectivity index (χ2n) is 6.51. The van der Waals surface area contributed by atoms with Crippen LogP contribution in [0.3, 0.4) is 0 Å². The van der Waals surface area contributed by atoms with Gasteiger partial charge in [-0.15, -0.1) is 0 Å². The first-order valence-electron chi connectivity index (χ1n) is 8.50. The van der Waals surface area contributed by atoms with Gasteiger partial charge in [0, 0.05) is 20.3 Å². The van der Waals surface area contributed by atoms with Crippen LogP contribution in [-0.4, -0.2) is 48.0 Å². The van der Waals surface area contributed by atoms with Gasteiger partial charge in [0.2, 0.25) is 0 Å². The molecule has 0 bridgehead atoms. The molecule has 2 aliphatic rings. The van der Waals surface area contributed by atoms with Crippen LogP contribution < -0.4 is 0 Å². The van der Waals surface area contributed by atoms with Crippen molar-refractivity contribution >= 4 is 11.9 Å². The first kappa shape index (κ1) is 16.7. The smallest absolute Gasteiger partial charge is 0.327 e. The number of ether oxygens (including phenoxy) is 1. The summed E-state index contributed by atoms with van der Waals surface area (Å²) in [5.41, 5.74) is 0.982. The number of urea groups is 1. The topological polar surface area (TPSA) is 49.9 Å². The lowest BCUT2D eigenvalue weighted by molar-refractivity contribution is -0.124. The maximum Gasteiger partial charge on any atom is 0.327 e. The van der Waals surface area contributed by atoms with E-state index in [0.29, 0.717) is 5.92 Å². The van der Waals surface area contributed by atoms with E-state index in [2.05, 4.69) is 0 Å². The number of hydrogen-bond donors (Lipinski definition) is 0. The number of rotatable bonds is 3. The molecule has 0 unspecified atom stereocenters. The highest BCUT2D eigenvalue weighted by Gasteiger charge is 2.44. The van der Waals surface area contributed by atoms with Crippen molar-refractivity contribution in [3.8, 4) is 0 Å². The van der Waals surface area contributed by atoms with Gasteiger partial charge in [-0.05, 0) is 37.3 Å². The van der Waals surface area contributed by atoms with E-state index in [0.717, 1.165) is 31.6 Å². The number of likely N-dealkylation sites (N-methyl/N-ethyl adjacent to an activating group) is 1. The standard InChI is InChI=1S/C19H24N2O3/c1-14-18(16-6-4-3-5-7-16)21(19(23)20(14)2)17(22)9-8-15-10-12-24-13-11-15/h3-9,14-15,18H,10-13H2,1-2H3/b9-8+/t14-,18-/m0/s1. The quantitative estimate of drug-likeness (QED) is 0.802. The van der Waals surface area contributed by atoms with E-state index in [1.165, 1.54) is 4.90 Å². The molecule has 1 aromatic rings. The van der Waals surface area contributed by atoms with Gasteiger partial charge in [0.15, 0.2) is 0 Å². The Hall–Kier alpha value is -2.14. The van der Waals surface area contributed by atoms with Gasteiger partial charge in [0.05, 0.1) is 12.1 Å². The van der Waals surface area contributed by atoms with Crippen molar-refractivity contribution in [1.82, 2.24) is 9.80 Å². The number of nitrogens with zero attached hydrogens (tertiary/aromatic N) is 2. The molecule has 0 radical (unpaired) electrons. The fourth-order valence-corrected chi connectivity index (χ4v) is 3.41. The molecule has 5 nitrogen and oxygen atoms in total. The highest BCUT2D eigenvalue weighted by Crippen LogP contribution is 2.34. The van der Waals surface area contributed by atoms with Crippen molar-refractivity contribution in [1.29, 1.82) is 0 Å². The minimum absolute atomic E-state index is 0.0552. The Morgan fingerprint density at radius 1 is 1.21 bits per heavy atom. The molecule has 5 heteroatoms. The van der Waals surface area contributed by atoms with E-state index in [1.807, 2.05) is 43.3 Å². The number of amides is 3. The van der Waals surface area contributed by atoms with Crippen LogP contribution in [0.25, 0.3) is 0 Å². The predicted molar refractivity (Wildman–Crippen MR) is 91.3 cm³/mol. The molecule has 3 rings (SSSR count). The second-order valence-corrected chi connectivity index (χ2v) is 6.51. The largest absolute Gasteiger partial charge is 0.381 e. The zero-order valence-corrected chi connectivity index (χ0v) is 14.2. The van der Waals surface area contributed by atoms with Crippen molar-refractivity contribution < 1.29 is 14.3 Å². The molecule has 2 heterocycles. The average Bonchev–Trinajstić information content (AvgIpc) is 2.85. The molecule has 0 aromatic heterocycles. The summed E-state index contributed by atoms with van der Waals surface area (Å²) < 4.78 is 5.34. The van der Waals surface area contributed by atoms with Gasteiger partial charge >= 0.3 is 6.03 Å². The Kier molecular flexibility index (Phi) is 5.00.